The first kappa shape index (κ1) is 12.9. The highest BCUT2D eigenvalue weighted by Crippen LogP contribution is 2.30. The summed E-state index contributed by atoms with van der Waals surface area (Å²) in [5.41, 5.74) is 2.65. The van der Waals surface area contributed by atoms with Crippen LogP contribution in [0.15, 0.2) is 22.7 Å². The van der Waals surface area contributed by atoms with Crippen molar-refractivity contribution in [1.29, 1.82) is 0 Å². The van der Waals surface area contributed by atoms with E-state index in [1.165, 1.54) is 22.1 Å². The first-order chi connectivity index (χ1) is 8.11. The summed E-state index contributed by atoms with van der Waals surface area (Å²) in [7, 11) is 0. The second-order valence-electron chi connectivity index (χ2n) is 4.97. The maximum absolute atomic E-state index is 3.67. The molecule has 0 saturated carbocycles. The van der Waals surface area contributed by atoms with E-state index in [1.54, 1.807) is 0 Å². The summed E-state index contributed by atoms with van der Waals surface area (Å²) >= 11 is 3.67. The average molecular weight is 297 g/mol. The third kappa shape index (κ3) is 2.83. The van der Waals surface area contributed by atoms with Crippen molar-refractivity contribution >= 4 is 21.6 Å². The number of halogens is 1. The zero-order valence-corrected chi connectivity index (χ0v) is 12.4. The molecule has 1 N–H and O–H groups in total. The molecular weight excluding hydrogens is 276 g/mol. The van der Waals surface area contributed by atoms with Crippen LogP contribution in [-0.4, -0.2) is 25.2 Å². The van der Waals surface area contributed by atoms with E-state index in [4.69, 9.17) is 0 Å². The molecule has 0 spiro atoms. The predicted molar refractivity (Wildman–Crippen MR) is 77.8 cm³/mol. The second-order valence-corrected chi connectivity index (χ2v) is 5.82. The molecule has 1 fully saturated rings. The lowest BCUT2D eigenvalue weighted by molar-refractivity contribution is 0.397. The molecule has 0 radical (unpaired) electrons. The minimum Gasteiger partial charge on any atom is -0.365 e. The van der Waals surface area contributed by atoms with E-state index < -0.39 is 0 Å². The Morgan fingerprint density at radius 3 is 2.94 bits per heavy atom. The van der Waals surface area contributed by atoms with Crippen LogP contribution in [-0.2, 0) is 0 Å². The van der Waals surface area contributed by atoms with E-state index in [9.17, 15) is 0 Å². The van der Waals surface area contributed by atoms with Crippen LogP contribution in [0.25, 0.3) is 0 Å². The van der Waals surface area contributed by atoms with Gasteiger partial charge >= 0.3 is 0 Å². The molecule has 1 aliphatic heterocycles. The van der Waals surface area contributed by atoms with Crippen molar-refractivity contribution in [2.24, 2.45) is 0 Å². The van der Waals surface area contributed by atoms with Crippen LogP contribution >= 0.6 is 15.9 Å². The van der Waals surface area contributed by atoms with Gasteiger partial charge in [0.05, 0.1) is 5.69 Å². The number of anilines is 1. The number of rotatable bonds is 2. The molecule has 94 valence electrons. The fraction of sp³-hybridized carbons (Fsp3) is 0.571. The fourth-order valence-electron chi connectivity index (χ4n) is 2.38. The van der Waals surface area contributed by atoms with Crippen molar-refractivity contribution < 1.29 is 0 Å². The van der Waals surface area contributed by atoms with Crippen LogP contribution in [0.5, 0.6) is 0 Å². The van der Waals surface area contributed by atoms with Crippen LogP contribution < -0.4 is 10.2 Å². The minimum atomic E-state index is 0.552. The normalized spacial score (nSPS) is 25.1. The van der Waals surface area contributed by atoms with Crippen molar-refractivity contribution in [3.05, 3.63) is 28.2 Å². The quantitative estimate of drug-likeness (QED) is 0.900. The van der Waals surface area contributed by atoms with Gasteiger partial charge in [0, 0.05) is 29.6 Å². The van der Waals surface area contributed by atoms with Gasteiger partial charge < -0.3 is 10.2 Å². The molecule has 1 aliphatic rings. The Hall–Kier alpha value is -0.540. The minimum absolute atomic E-state index is 0.552. The Morgan fingerprint density at radius 1 is 1.47 bits per heavy atom. The SMILES string of the molecule is CCC1CN(c2cc(C)ccc2Br)C(C)CN1. The summed E-state index contributed by atoms with van der Waals surface area (Å²) < 4.78 is 1.20. The number of hydrogen-bond acceptors (Lipinski definition) is 2. The molecule has 0 bridgehead atoms. The summed E-state index contributed by atoms with van der Waals surface area (Å²) in [5, 5.41) is 3.60. The Kier molecular flexibility index (Phi) is 4.10. The highest BCUT2D eigenvalue weighted by molar-refractivity contribution is 9.10. The largest absolute Gasteiger partial charge is 0.365 e. The number of piperazine rings is 1. The first-order valence-electron chi connectivity index (χ1n) is 6.38. The molecule has 2 unspecified atom stereocenters. The van der Waals surface area contributed by atoms with E-state index in [1.807, 2.05) is 0 Å². The van der Waals surface area contributed by atoms with Gasteiger partial charge in [-0.25, -0.2) is 0 Å². The van der Waals surface area contributed by atoms with Gasteiger partial charge in [0.25, 0.3) is 0 Å². The van der Waals surface area contributed by atoms with Gasteiger partial charge in [0.1, 0.15) is 0 Å². The van der Waals surface area contributed by atoms with E-state index in [2.05, 4.69) is 65.1 Å². The molecule has 2 rings (SSSR count). The number of benzene rings is 1. The van der Waals surface area contributed by atoms with Crippen molar-refractivity contribution in [2.75, 3.05) is 18.0 Å². The third-order valence-corrected chi connectivity index (χ3v) is 4.23. The predicted octanol–water partition coefficient (Wildman–Crippen LogP) is 3.33. The maximum Gasteiger partial charge on any atom is 0.0516 e. The number of aryl methyl sites for hydroxylation is 1. The molecule has 2 atom stereocenters. The van der Waals surface area contributed by atoms with Crippen molar-refractivity contribution in [2.45, 2.75) is 39.3 Å². The number of nitrogens with one attached hydrogen (secondary N) is 1. The first-order valence-corrected chi connectivity index (χ1v) is 7.17. The summed E-state index contributed by atoms with van der Waals surface area (Å²) in [6, 6.07) is 7.74. The second kappa shape index (κ2) is 5.40. The van der Waals surface area contributed by atoms with Crippen molar-refractivity contribution in [3.8, 4) is 0 Å². The smallest absolute Gasteiger partial charge is 0.0516 e. The standard InChI is InChI=1S/C14H21BrN2/c1-4-12-9-17(11(3)8-16-12)14-7-10(2)5-6-13(14)15/h5-7,11-12,16H,4,8-9H2,1-3H3. The molecule has 0 amide bonds. The Morgan fingerprint density at radius 2 is 2.24 bits per heavy atom. The molecular formula is C14H21BrN2. The van der Waals surface area contributed by atoms with Gasteiger partial charge in [-0.15, -0.1) is 0 Å². The zero-order chi connectivity index (χ0) is 12.4. The average Bonchev–Trinajstić information content (AvgIpc) is 2.33. The summed E-state index contributed by atoms with van der Waals surface area (Å²) in [6.07, 6.45) is 1.19. The fourth-order valence-corrected chi connectivity index (χ4v) is 2.86. The molecule has 1 aromatic rings. The molecule has 0 aromatic heterocycles. The van der Waals surface area contributed by atoms with Crippen molar-refractivity contribution in [1.82, 2.24) is 5.32 Å². The molecule has 17 heavy (non-hydrogen) atoms. The van der Waals surface area contributed by atoms with E-state index >= 15 is 0 Å². The lowest BCUT2D eigenvalue weighted by Crippen LogP contribution is -2.55. The number of hydrogen-bond donors (Lipinski definition) is 1. The summed E-state index contributed by atoms with van der Waals surface area (Å²) in [4.78, 5) is 2.52. The van der Waals surface area contributed by atoms with Gasteiger partial charge in [-0.3, -0.25) is 0 Å². The molecule has 3 heteroatoms. The van der Waals surface area contributed by atoms with Crippen LogP contribution in [0.2, 0.25) is 0 Å². The Labute approximate surface area is 113 Å². The van der Waals surface area contributed by atoms with Crippen LogP contribution in [0.3, 0.4) is 0 Å². The third-order valence-electron chi connectivity index (χ3n) is 3.55. The van der Waals surface area contributed by atoms with Crippen LogP contribution in [0.4, 0.5) is 5.69 Å². The molecule has 1 saturated heterocycles. The molecule has 0 aliphatic carbocycles. The van der Waals surface area contributed by atoms with Crippen LogP contribution in [0, 0.1) is 6.92 Å². The molecule has 1 aromatic carbocycles. The lowest BCUT2D eigenvalue weighted by Gasteiger charge is -2.40. The highest BCUT2D eigenvalue weighted by Gasteiger charge is 2.25. The van der Waals surface area contributed by atoms with Gasteiger partial charge in [0.15, 0.2) is 0 Å². The molecule has 1 heterocycles. The Balaban J connectivity index is 2.27. The van der Waals surface area contributed by atoms with Gasteiger partial charge in [-0.1, -0.05) is 13.0 Å². The van der Waals surface area contributed by atoms with E-state index in [0.29, 0.717) is 12.1 Å². The lowest BCUT2D eigenvalue weighted by atomic mass is 10.1. The van der Waals surface area contributed by atoms with Gasteiger partial charge in [0.2, 0.25) is 0 Å². The Bertz CT molecular complexity index is 392. The topological polar surface area (TPSA) is 15.3 Å². The summed E-state index contributed by atoms with van der Waals surface area (Å²) in [5.74, 6) is 0. The van der Waals surface area contributed by atoms with Gasteiger partial charge in [-0.2, -0.15) is 0 Å². The highest BCUT2D eigenvalue weighted by atomic mass is 79.9. The van der Waals surface area contributed by atoms with E-state index in [-0.39, 0.29) is 0 Å². The van der Waals surface area contributed by atoms with E-state index in [0.717, 1.165) is 13.1 Å². The maximum atomic E-state index is 3.67. The summed E-state index contributed by atoms with van der Waals surface area (Å²) in [6.45, 7) is 8.85. The molecule has 2 nitrogen and oxygen atoms in total. The van der Waals surface area contributed by atoms with Gasteiger partial charge in [-0.05, 0) is 53.9 Å². The monoisotopic (exact) mass is 296 g/mol. The zero-order valence-electron chi connectivity index (χ0n) is 10.8. The van der Waals surface area contributed by atoms with Crippen molar-refractivity contribution in [3.63, 3.8) is 0 Å². The van der Waals surface area contributed by atoms with Crippen LogP contribution in [0.1, 0.15) is 25.8 Å². The number of nitrogens with zero attached hydrogens (tertiary/aromatic N) is 1.